The lowest BCUT2D eigenvalue weighted by Gasteiger charge is -2.14. The highest BCUT2D eigenvalue weighted by atomic mass is 32.2. The van der Waals surface area contributed by atoms with Gasteiger partial charge in [-0.15, -0.1) is 0 Å². The number of hydrogen-bond acceptors (Lipinski definition) is 4. The van der Waals surface area contributed by atoms with Crippen molar-refractivity contribution in [1.82, 2.24) is 14.0 Å². The first kappa shape index (κ1) is 10.4. The minimum absolute atomic E-state index is 0.219. The number of hydrazine groups is 1. The summed E-state index contributed by atoms with van der Waals surface area (Å²) in [6.07, 6.45) is 0. The van der Waals surface area contributed by atoms with Gasteiger partial charge in [-0.25, -0.2) is 5.84 Å². The fourth-order valence-electron chi connectivity index (χ4n) is 1.05. The van der Waals surface area contributed by atoms with Gasteiger partial charge in [-0.05, 0) is 0 Å². The minimum atomic E-state index is -3.42. The molecular weight excluding hydrogens is 196 g/mol. The minimum Gasteiger partial charge on any atom is -0.293 e. The highest BCUT2D eigenvalue weighted by Crippen LogP contribution is 2.12. The average Bonchev–Trinajstić information content (AvgIpc) is 2.31. The van der Waals surface area contributed by atoms with E-state index in [0.29, 0.717) is 13.1 Å². The fourth-order valence-corrected chi connectivity index (χ4v) is 2.35. The van der Waals surface area contributed by atoms with E-state index in [1.807, 2.05) is 5.43 Å². The maximum absolute atomic E-state index is 11.4. The van der Waals surface area contributed by atoms with Gasteiger partial charge in [-0.2, -0.15) is 17.0 Å². The van der Waals surface area contributed by atoms with E-state index >= 15 is 0 Å². The molecule has 1 aliphatic heterocycles. The SMILES string of the molecule is CN1CCN(CC(=O)NN)S1(=O)=O. The number of carbonyl (C=O) groups excluding carboxylic acids is 1. The van der Waals surface area contributed by atoms with E-state index in [2.05, 4.69) is 0 Å². The van der Waals surface area contributed by atoms with Crippen LogP contribution in [-0.2, 0) is 15.0 Å². The smallest absolute Gasteiger partial charge is 0.282 e. The van der Waals surface area contributed by atoms with Gasteiger partial charge >= 0.3 is 0 Å². The Hall–Kier alpha value is -0.700. The van der Waals surface area contributed by atoms with Crippen LogP contribution in [0.15, 0.2) is 0 Å². The van der Waals surface area contributed by atoms with Crippen LogP contribution in [0, 0.1) is 0 Å². The highest BCUT2D eigenvalue weighted by Gasteiger charge is 2.34. The number of hydrogen-bond donors (Lipinski definition) is 2. The maximum Gasteiger partial charge on any atom is 0.282 e. The van der Waals surface area contributed by atoms with E-state index in [-0.39, 0.29) is 6.54 Å². The monoisotopic (exact) mass is 208 g/mol. The van der Waals surface area contributed by atoms with Crippen LogP contribution in [0.5, 0.6) is 0 Å². The lowest BCUT2D eigenvalue weighted by atomic mass is 10.5. The van der Waals surface area contributed by atoms with Gasteiger partial charge in [0.1, 0.15) is 0 Å². The summed E-state index contributed by atoms with van der Waals surface area (Å²) >= 11 is 0. The van der Waals surface area contributed by atoms with Crippen LogP contribution in [0.1, 0.15) is 0 Å². The molecule has 0 bridgehead atoms. The Morgan fingerprint density at radius 1 is 1.54 bits per heavy atom. The number of nitrogens with two attached hydrogens (primary N) is 1. The number of nitrogens with zero attached hydrogens (tertiary/aromatic N) is 2. The molecule has 76 valence electrons. The fraction of sp³-hybridized carbons (Fsp3) is 0.800. The third-order valence-electron chi connectivity index (χ3n) is 1.87. The number of nitrogens with one attached hydrogen (secondary N) is 1. The molecule has 0 radical (unpaired) electrons. The van der Waals surface area contributed by atoms with Crippen LogP contribution >= 0.6 is 0 Å². The summed E-state index contributed by atoms with van der Waals surface area (Å²) < 4.78 is 25.0. The molecule has 1 fully saturated rings. The van der Waals surface area contributed by atoms with Crippen molar-refractivity contribution in [3.8, 4) is 0 Å². The number of likely N-dealkylation sites (N-methyl/N-ethyl adjacent to an activating group) is 1. The van der Waals surface area contributed by atoms with Crippen molar-refractivity contribution in [2.75, 3.05) is 26.7 Å². The van der Waals surface area contributed by atoms with Crippen molar-refractivity contribution >= 4 is 16.1 Å². The Morgan fingerprint density at radius 2 is 2.15 bits per heavy atom. The summed E-state index contributed by atoms with van der Waals surface area (Å²) in [4.78, 5) is 10.8. The zero-order valence-corrected chi connectivity index (χ0v) is 8.04. The lowest BCUT2D eigenvalue weighted by molar-refractivity contribution is -0.121. The first-order valence-corrected chi connectivity index (χ1v) is 5.09. The van der Waals surface area contributed by atoms with Crippen LogP contribution in [0.3, 0.4) is 0 Å². The van der Waals surface area contributed by atoms with Crippen molar-refractivity contribution in [3.63, 3.8) is 0 Å². The molecule has 7 nitrogen and oxygen atoms in total. The number of rotatable bonds is 2. The predicted molar refractivity (Wildman–Crippen MR) is 45.5 cm³/mol. The lowest BCUT2D eigenvalue weighted by Crippen LogP contribution is -2.42. The van der Waals surface area contributed by atoms with Crippen LogP contribution in [0.4, 0.5) is 0 Å². The molecule has 1 saturated heterocycles. The predicted octanol–water partition coefficient (Wildman–Crippen LogP) is -2.53. The van der Waals surface area contributed by atoms with Gasteiger partial charge in [0.25, 0.3) is 10.2 Å². The highest BCUT2D eigenvalue weighted by molar-refractivity contribution is 7.87. The quantitative estimate of drug-likeness (QED) is 0.297. The third-order valence-corrected chi connectivity index (χ3v) is 3.80. The topological polar surface area (TPSA) is 95.7 Å². The molecule has 0 aliphatic carbocycles. The molecule has 1 amide bonds. The van der Waals surface area contributed by atoms with Gasteiger partial charge in [0.05, 0.1) is 6.54 Å². The Kier molecular flexibility index (Phi) is 2.86. The van der Waals surface area contributed by atoms with E-state index in [1.165, 1.54) is 11.4 Å². The molecule has 0 atom stereocenters. The molecule has 0 saturated carbocycles. The average molecular weight is 208 g/mol. The molecule has 0 aromatic heterocycles. The second kappa shape index (κ2) is 3.58. The summed E-state index contributed by atoms with van der Waals surface area (Å²) in [5, 5.41) is 0. The molecule has 0 unspecified atom stereocenters. The zero-order chi connectivity index (χ0) is 10.1. The van der Waals surface area contributed by atoms with Crippen molar-refractivity contribution in [2.24, 2.45) is 5.84 Å². The van der Waals surface area contributed by atoms with Crippen molar-refractivity contribution in [3.05, 3.63) is 0 Å². The standard InChI is InChI=1S/C5H12N4O3S/c1-8-2-3-9(13(8,11)12)4-5(10)7-6/h2-4,6H2,1H3,(H,7,10). The van der Waals surface area contributed by atoms with Gasteiger partial charge in [0.15, 0.2) is 0 Å². The van der Waals surface area contributed by atoms with Gasteiger partial charge in [-0.1, -0.05) is 0 Å². The zero-order valence-electron chi connectivity index (χ0n) is 7.23. The molecule has 13 heavy (non-hydrogen) atoms. The summed E-state index contributed by atoms with van der Waals surface area (Å²) in [6, 6.07) is 0. The Bertz CT molecular complexity index is 301. The normalized spacial score (nSPS) is 23.2. The van der Waals surface area contributed by atoms with E-state index in [1.54, 1.807) is 0 Å². The van der Waals surface area contributed by atoms with E-state index in [0.717, 1.165) is 4.31 Å². The largest absolute Gasteiger partial charge is 0.293 e. The molecule has 0 spiro atoms. The Balaban J connectivity index is 2.68. The maximum atomic E-state index is 11.4. The molecule has 1 heterocycles. The van der Waals surface area contributed by atoms with Gasteiger partial charge in [-0.3, -0.25) is 10.2 Å². The Morgan fingerprint density at radius 3 is 2.54 bits per heavy atom. The molecule has 0 aromatic rings. The van der Waals surface area contributed by atoms with Crippen LogP contribution in [0.25, 0.3) is 0 Å². The van der Waals surface area contributed by atoms with Gasteiger partial charge in [0, 0.05) is 20.1 Å². The van der Waals surface area contributed by atoms with Crippen molar-refractivity contribution in [1.29, 1.82) is 0 Å². The van der Waals surface area contributed by atoms with Crippen LogP contribution < -0.4 is 11.3 Å². The first-order chi connectivity index (χ1) is 5.98. The number of amides is 1. The first-order valence-electron chi connectivity index (χ1n) is 3.69. The molecule has 1 rings (SSSR count). The molecule has 8 heteroatoms. The summed E-state index contributed by atoms with van der Waals surface area (Å²) in [7, 11) is -1.95. The van der Waals surface area contributed by atoms with Gasteiger partial charge in [0.2, 0.25) is 5.91 Å². The second-order valence-corrected chi connectivity index (χ2v) is 4.77. The van der Waals surface area contributed by atoms with E-state index in [9.17, 15) is 13.2 Å². The molecule has 0 aromatic carbocycles. The summed E-state index contributed by atoms with van der Waals surface area (Å²) in [6.45, 7) is 0.510. The second-order valence-electron chi connectivity index (χ2n) is 2.73. The van der Waals surface area contributed by atoms with Crippen molar-refractivity contribution in [2.45, 2.75) is 0 Å². The summed E-state index contributed by atoms with van der Waals surface area (Å²) in [5.74, 6) is 4.32. The van der Waals surface area contributed by atoms with Crippen molar-refractivity contribution < 1.29 is 13.2 Å². The van der Waals surface area contributed by atoms with Gasteiger partial charge < -0.3 is 0 Å². The van der Waals surface area contributed by atoms with Crippen LogP contribution in [0.2, 0.25) is 0 Å². The molecular formula is C5H12N4O3S. The number of carbonyl (C=O) groups is 1. The van der Waals surface area contributed by atoms with E-state index in [4.69, 9.17) is 5.84 Å². The summed E-state index contributed by atoms with van der Waals surface area (Å²) in [5.41, 5.74) is 1.88. The Labute approximate surface area is 76.6 Å². The molecule has 1 aliphatic rings. The molecule has 3 N–H and O–H groups in total. The van der Waals surface area contributed by atoms with Crippen LogP contribution in [-0.4, -0.2) is 49.6 Å². The third kappa shape index (κ3) is 1.97. The van der Waals surface area contributed by atoms with E-state index < -0.39 is 16.1 Å².